The fourth-order valence-corrected chi connectivity index (χ4v) is 3.32. The largest absolute Gasteiger partial charge is 0.361 e. The number of aromatic nitrogens is 1. The summed E-state index contributed by atoms with van der Waals surface area (Å²) in [5, 5.41) is 4.92. The lowest BCUT2D eigenvalue weighted by molar-refractivity contribution is 0.351. The van der Waals surface area contributed by atoms with Crippen LogP contribution in [0.3, 0.4) is 0 Å². The van der Waals surface area contributed by atoms with E-state index in [1.54, 1.807) is 0 Å². The third-order valence-electron chi connectivity index (χ3n) is 4.40. The van der Waals surface area contributed by atoms with E-state index in [9.17, 15) is 0 Å². The van der Waals surface area contributed by atoms with Crippen LogP contribution in [0.15, 0.2) is 24.4 Å². The van der Waals surface area contributed by atoms with Crippen LogP contribution in [0.1, 0.15) is 37.3 Å². The van der Waals surface area contributed by atoms with E-state index in [1.807, 2.05) is 0 Å². The number of nitrogens with one attached hydrogen (secondary N) is 2. The minimum atomic E-state index is 0.701. The van der Waals surface area contributed by atoms with E-state index >= 15 is 0 Å². The third-order valence-corrected chi connectivity index (χ3v) is 4.40. The van der Waals surface area contributed by atoms with Crippen LogP contribution in [0, 0.1) is 5.92 Å². The second-order valence-corrected chi connectivity index (χ2v) is 5.51. The number of hydrogen-bond donors (Lipinski definition) is 2. The van der Waals surface area contributed by atoms with Crippen molar-refractivity contribution >= 4 is 10.9 Å². The van der Waals surface area contributed by atoms with Crippen molar-refractivity contribution in [3.8, 4) is 0 Å². The molecular formula is C16H22N2. The van der Waals surface area contributed by atoms with Crippen LogP contribution < -0.4 is 5.32 Å². The zero-order valence-corrected chi connectivity index (χ0v) is 11.3. The standard InChI is InChI=1S/C16H22N2/c1-3-12-5-4-6-14-15(10-18-16(12)14)13-7-8-17-9-11(13)2/h4-6,10-11,13,17-18H,3,7-9H2,1-2H3. The summed E-state index contributed by atoms with van der Waals surface area (Å²) in [6.45, 7) is 6.88. The molecule has 2 heterocycles. The van der Waals surface area contributed by atoms with Gasteiger partial charge in [0.2, 0.25) is 0 Å². The molecular weight excluding hydrogens is 220 g/mol. The van der Waals surface area contributed by atoms with Crippen LogP contribution in [0.2, 0.25) is 0 Å². The Morgan fingerprint density at radius 2 is 2.22 bits per heavy atom. The quantitative estimate of drug-likeness (QED) is 0.829. The molecule has 0 amide bonds. The number of rotatable bonds is 2. The van der Waals surface area contributed by atoms with Gasteiger partial charge in [0.15, 0.2) is 0 Å². The maximum atomic E-state index is 3.51. The zero-order valence-electron chi connectivity index (χ0n) is 11.3. The van der Waals surface area contributed by atoms with Crippen molar-refractivity contribution in [3.63, 3.8) is 0 Å². The Kier molecular flexibility index (Phi) is 3.13. The van der Waals surface area contributed by atoms with Crippen LogP contribution in [0.4, 0.5) is 0 Å². The molecule has 2 nitrogen and oxygen atoms in total. The summed E-state index contributed by atoms with van der Waals surface area (Å²) in [6, 6.07) is 6.70. The van der Waals surface area contributed by atoms with Crippen LogP contribution in [0.5, 0.6) is 0 Å². The molecule has 1 aliphatic heterocycles. The van der Waals surface area contributed by atoms with Crippen molar-refractivity contribution in [1.82, 2.24) is 10.3 Å². The molecule has 1 saturated heterocycles. The van der Waals surface area contributed by atoms with Gasteiger partial charge in [0, 0.05) is 17.1 Å². The molecule has 2 atom stereocenters. The second-order valence-electron chi connectivity index (χ2n) is 5.51. The average molecular weight is 242 g/mol. The van der Waals surface area contributed by atoms with Crippen molar-refractivity contribution < 1.29 is 0 Å². The summed E-state index contributed by atoms with van der Waals surface area (Å²) >= 11 is 0. The van der Waals surface area contributed by atoms with Gasteiger partial charge < -0.3 is 10.3 Å². The van der Waals surface area contributed by atoms with Crippen molar-refractivity contribution in [1.29, 1.82) is 0 Å². The number of aromatic amines is 1. The van der Waals surface area contributed by atoms with Gasteiger partial charge in [-0.3, -0.25) is 0 Å². The maximum Gasteiger partial charge on any atom is 0.0489 e. The minimum Gasteiger partial charge on any atom is -0.361 e. The molecule has 2 unspecified atom stereocenters. The van der Waals surface area contributed by atoms with E-state index < -0.39 is 0 Å². The highest BCUT2D eigenvalue weighted by molar-refractivity contribution is 5.86. The first-order valence-corrected chi connectivity index (χ1v) is 7.10. The van der Waals surface area contributed by atoms with Crippen LogP contribution in [-0.4, -0.2) is 18.1 Å². The van der Waals surface area contributed by atoms with E-state index in [1.165, 1.54) is 28.5 Å². The summed E-state index contributed by atoms with van der Waals surface area (Å²) in [5.41, 5.74) is 4.30. The van der Waals surface area contributed by atoms with Gasteiger partial charge in [0.05, 0.1) is 0 Å². The molecule has 18 heavy (non-hydrogen) atoms. The topological polar surface area (TPSA) is 27.8 Å². The molecule has 1 aromatic carbocycles. The molecule has 0 aliphatic carbocycles. The lowest BCUT2D eigenvalue weighted by atomic mass is 9.82. The van der Waals surface area contributed by atoms with Gasteiger partial charge in [-0.1, -0.05) is 32.0 Å². The van der Waals surface area contributed by atoms with E-state index in [0.717, 1.165) is 25.4 Å². The number of benzene rings is 1. The average Bonchev–Trinajstić information content (AvgIpc) is 2.83. The summed E-state index contributed by atoms with van der Waals surface area (Å²) in [7, 11) is 0. The maximum absolute atomic E-state index is 3.51. The zero-order chi connectivity index (χ0) is 12.5. The summed E-state index contributed by atoms with van der Waals surface area (Å²) < 4.78 is 0. The number of fused-ring (bicyclic) bond motifs is 1. The highest BCUT2D eigenvalue weighted by atomic mass is 14.9. The molecule has 1 aliphatic rings. The number of hydrogen-bond acceptors (Lipinski definition) is 1. The molecule has 2 heteroatoms. The number of aryl methyl sites for hydroxylation is 1. The van der Waals surface area contributed by atoms with Crippen LogP contribution in [-0.2, 0) is 6.42 Å². The monoisotopic (exact) mass is 242 g/mol. The number of H-pyrrole nitrogens is 1. The summed E-state index contributed by atoms with van der Waals surface area (Å²) in [6.07, 6.45) is 4.60. The first kappa shape index (κ1) is 11.8. The van der Waals surface area contributed by atoms with Gasteiger partial charge >= 0.3 is 0 Å². The van der Waals surface area contributed by atoms with E-state index in [0.29, 0.717) is 5.92 Å². The Morgan fingerprint density at radius 1 is 1.33 bits per heavy atom. The van der Waals surface area contributed by atoms with Crippen molar-refractivity contribution in [2.45, 2.75) is 32.6 Å². The molecule has 1 fully saturated rings. The van der Waals surface area contributed by atoms with Crippen molar-refractivity contribution in [2.75, 3.05) is 13.1 Å². The molecule has 0 bridgehead atoms. The number of para-hydroxylation sites is 1. The first-order valence-electron chi connectivity index (χ1n) is 7.10. The Morgan fingerprint density at radius 3 is 3.00 bits per heavy atom. The molecule has 0 radical (unpaired) electrons. The van der Waals surface area contributed by atoms with Crippen molar-refractivity contribution in [3.05, 3.63) is 35.5 Å². The normalized spacial score (nSPS) is 24.6. The number of piperidine rings is 1. The van der Waals surface area contributed by atoms with E-state index in [2.05, 4.69) is 48.5 Å². The van der Waals surface area contributed by atoms with Crippen LogP contribution in [0.25, 0.3) is 10.9 Å². The van der Waals surface area contributed by atoms with Gasteiger partial charge in [-0.15, -0.1) is 0 Å². The van der Waals surface area contributed by atoms with Gasteiger partial charge in [0.25, 0.3) is 0 Å². The van der Waals surface area contributed by atoms with Crippen molar-refractivity contribution in [2.24, 2.45) is 5.92 Å². The Labute approximate surface area is 109 Å². The van der Waals surface area contributed by atoms with Crippen LogP contribution >= 0.6 is 0 Å². The second kappa shape index (κ2) is 4.77. The lowest BCUT2D eigenvalue weighted by Crippen LogP contribution is -2.33. The molecule has 0 saturated carbocycles. The van der Waals surface area contributed by atoms with Gasteiger partial charge in [-0.25, -0.2) is 0 Å². The smallest absolute Gasteiger partial charge is 0.0489 e. The highest BCUT2D eigenvalue weighted by Gasteiger charge is 2.25. The third kappa shape index (κ3) is 1.85. The molecule has 3 rings (SSSR count). The van der Waals surface area contributed by atoms with Gasteiger partial charge in [0.1, 0.15) is 0 Å². The SMILES string of the molecule is CCc1cccc2c(C3CCNCC3C)c[nH]c12. The Hall–Kier alpha value is -1.28. The minimum absolute atomic E-state index is 0.701. The highest BCUT2D eigenvalue weighted by Crippen LogP contribution is 2.35. The summed E-state index contributed by atoms with van der Waals surface area (Å²) in [4.78, 5) is 3.51. The van der Waals surface area contributed by atoms with E-state index in [-0.39, 0.29) is 0 Å². The summed E-state index contributed by atoms with van der Waals surface area (Å²) in [5.74, 6) is 1.43. The molecule has 2 N–H and O–H groups in total. The molecule has 0 spiro atoms. The van der Waals surface area contributed by atoms with E-state index in [4.69, 9.17) is 0 Å². The fraction of sp³-hybridized carbons (Fsp3) is 0.500. The Bertz CT molecular complexity index is 541. The fourth-order valence-electron chi connectivity index (χ4n) is 3.32. The Balaban J connectivity index is 2.07. The predicted octanol–water partition coefficient (Wildman–Crippen LogP) is 3.44. The molecule has 2 aromatic rings. The van der Waals surface area contributed by atoms with Gasteiger partial charge in [-0.2, -0.15) is 0 Å². The first-order chi connectivity index (χ1) is 8.81. The predicted molar refractivity (Wildman–Crippen MR) is 77.1 cm³/mol. The molecule has 1 aromatic heterocycles. The lowest BCUT2D eigenvalue weighted by Gasteiger charge is -2.29. The molecule has 96 valence electrons. The van der Waals surface area contributed by atoms with Gasteiger partial charge in [-0.05, 0) is 48.9 Å².